The first-order valence-corrected chi connectivity index (χ1v) is 9.73. The molecule has 3 aromatic carbocycles. The van der Waals surface area contributed by atoms with Crippen LogP contribution in [0.1, 0.15) is 27.7 Å². The van der Waals surface area contributed by atoms with Crippen LogP contribution in [0.3, 0.4) is 0 Å². The summed E-state index contributed by atoms with van der Waals surface area (Å²) in [6, 6.07) is 21.9. The number of ether oxygens (including phenoxy) is 1. The first-order chi connectivity index (χ1) is 13.7. The Hall–Kier alpha value is -3.37. The molecule has 0 saturated heterocycles. The fraction of sp³-hybridized carbons (Fsp3) is 0.0417. The van der Waals surface area contributed by atoms with Gasteiger partial charge in [0.15, 0.2) is 5.75 Å². The van der Waals surface area contributed by atoms with Crippen LogP contribution in [0, 0.1) is 0 Å². The Balaban J connectivity index is 1.80. The van der Waals surface area contributed by atoms with Crippen LogP contribution in [0.25, 0.3) is 16.2 Å². The van der Waals surface area contributed by atoms with E-state index in [4.69, 9.17) is 4.74 Å². The minimum Gasteiger partial charge on any atom is -0.508 e. The van der Waals surface area contributed by atoms with Crippen molar-refractivity contribution in [1.82, 2.24) is 0 Å². The zero-order valence-corrected chi connectivity index (χ0v) is 16.1. The number of ketones is 1. The lowest BCUT2D eigenvalue weighted by molar-refractivity contribution is 0.104. The predicted octanol–water partition coefficient (Wildman–Crippen LogP) is 6.66. The Morgan fingerprint density at radius 3 is 2.46 bits per heavy atom. The number of carbonyl (C=O) groups excluding carboxylic acids is 1. The van der Waals surface area contributed by atoms with Gasteiger partial charge in [-0.1, -0.05) is 54.6 Å². The van der Waals surface area contributed by atoms with Crippen molar-refractivity contribution in [2.24, 2.45) is 0 Å². The lowest BCUT2D eigenvalue weighted by atomic mass is 10.1. The van der Waals surface area contributed by atoms with Crippen molar-refractivity contribution in [1.29, 1.82) is 0 Å². The molecule has 0 spiro atoms. The van der Waals surface area contributed by atoms with Gasteiger partial charge in [-0.2, -0.15) is 0 Å². The Morgan fingerprint density at radius 1 is 1.00 bits per heavy atom. The van der Waals surface area contributed by atoms with Gasteiger partial charge in [-0.25, -0.2) is 0 Å². The minimum absolute atomic E-state index is 0.0955. The zero-order chi connectivity index (χ0) is 19.5. The molecule has 0 aliphatic rings. The number of benzene rings is 3. The van der Waals surface area contributed by atoms with E-state index in [1.54, 1.807) is 30.3 Å². The van der Waals surface area contributed by atoms with Gasteiger partial charge in [0.05, 0.1) is 0 Å². The van der Waals surface area contributed by atoms with Crippen LogP contribution in [0.5, 0.6) is 17.2 Å². The first-order valence-electron chi connectivity index (χ1n) is 8.91. The number of phenolic OH excluding ortho intramolecular Hbond substituents is 1. The highest BCUT2D eigenvalue weighted by Gasteiger charge is 2.22. The third kappa shape index (κ3) is 3.55. The molecule has 0 atom stereocenters. The van der Waals surface area contributed by atoms with E-state index in [2.05, 4.69) is 0 Å². The van der Waals surface area contributed by atoms with Crippen molar-refractivity contribution in [3.05, 3.63) is 94.9 Å². The van der Waals surface area contributed by atoms with Crippen LogP contribution in [-0.2, 0) is 0 Å². The fourth-order valence-corrected chi connectivity index (χ4v) is 4.12. The molecule has 0 amide bonds. The highest BCUT2D eigenvalue weighted by atomic mass is 32.1. The number of allylic oxidation sites excluding steroid dienone is 1. The van der Waals surface area contributed by atoms with Crippen molar-refractivity contribution in [2.45, 2.75) is 6.92 Å². The molecule has 0 bridgehead atoms. The Labute approximate surface area is 167 Å². The van der Waals surface area contributed by atoms with Crippen LogP contribution in [0.2, 0.25) is 0 Å². The molecule has 0 saturated carbocycles. The van der Waals surface area contributed by atoms with Crippen molar-refractivity contribution in [3.63, 3.8) is 0 Å². The SMILES string of the molecule is C/C=C/c1ccc(Oc2c(C(=O)c3ccccc3)sc3cc(O)ccc23)cc1. The highest BCUT2D eigenvalue weighted by Crippen LogP contribution is 2.42. The van der Waals surface area contributed by atoms with E-state index in [9.17, 15) is 9.90 Å². The molecule has 4 aromatic rings. The maximum Gasteiger partial charge on any atom is 0.206 e. The van der Waals surface area contributed by atoms with Gasteiger partial charge in [0.25, 0.3) is 0 Å². The maximum atomic E-state index is 13.1. The molecule has 0 aliphatic heterocycles. The second kappa shape index (κ2) is 7.71. The number of rotatable bonds is 5. The van der Waals surface area contributed by atoms with Gasteiger partial charge >= 0.3 is 0 Å². The number of fused-ring (bicyclic) bond motifs is 1. The summed E-state index contributed by atoms with van der Waals surface area (Å²) >= 11 is 1.33. The van der Waals surface area contributed by atoms with Crippen LogP contribution in [0.4, 0.5) is 0 Å². The molecule has 0 fully saturated rings. The van der Waals surface area contributed by atoms with Crippen LogP contribution >= 0.6 is 11.3 Å². The summed E-state index contributed by atoms with van der Waals surface area (Å²) in [5.74, 6) is 1.24. The maximum absolute atomic E-state index is 13.1. The lowest BCUT2D eigenvalue weighted by Crippen LogP contribution is -2.00. The number of carbonyl (C=O) groups is 1. The Morgan fingerprint density at radius 2 is 1.75 bits per heavy atom. The highest BCUT2D eigenvalue weighted by molar-refractivity contribution is 7.21. The normalized spacial score (nSPS) is 11.2. The van der Waals surface area contributed by atoms with E-state index in [1.165, 1.54) is 11.3 Å². The van der Waals surface area contributed by atoms with Crippen LogP contribution in [0.15, 0.2) is 78.9 Å². The van der Waals surface area contributed by atoms with Gasteiger partial charge in [-0.05, 0) is 42.8 Å². The molecule has 4 rings (SSSR count). The molecule has 0 unspecified atom stereocenters. The van der Waals surface area contributed by atoms with Crippen molar-refractivity contribution < 1.29 is 14.6 Å². The third-order valence-corrected chi connectivity index (χ3v) is 5.46. The van der Waals surface area contributed by atoms with Gasteiger partial charge in [0, 0.05) is 15.6 Å². The molecule has 0 aliphatic carbocycles. The van der Waals surface area contributed by atoms with Crippen LogP contribution < -0.4 is 4.74 Å². The van der Waals surface area contributed by atoms with Crippen molar-refractivity contribution in [3.8, 4) is 17.2 Å². The van der Waals surface area contributed by atoms with Gasteiger partial charge in [0.1, 0.15) is 16.4 Å². The average Bonchev–Trinajstić information content (AvgIpc) is 3.07. The summed E-state index contributed by atoms with van der Waals surface area (Å²) in [4.78, 5) is 13.6. The summed E-state index contributed by atoms with van der Waals surface area (Å²) in [7, 11) is 0. The number of aromatic hydroxyl groups is 1. The second-order valence-electron chi connectivity index (χ2n) is 6.31. The molecule has 1 N–H and O–H groups in total. The van der Waals surface area contributed by atoms with E-state index < -0.39 is 0 Å². The third-order valence-electron chi connectivity index (χ3n) is 4.33. The summed E-state index contributed by atoms with van der Waals surface area (Å²) in [5, 5.41) is 10.6. The summed E-state index contributed by atoms with van der Waals surface area (Å²) in [5.41, 5.74) is 1.68. The average molecular weight is 386 g/mol. The van der Waals surface area contributed by atoms with E-state index in [0.717, 1.165) is 15.6 Å². The number of thiophene rings is 1. The van der Waals surface area contributed by atoms with Gasteiger partial charge in [-0.15, -0.1) is 11.3 Å². The van der Waals surface area contributed by atoms with Gasteiger partial charge in [0.2, 0.25) is 5.78 Å². The summed E-state index contributed by atoms with van der Waals surface area (Å²) in [6.07, 6.45) is 3.99. The number of phenols is 1. The topological polar surface area (TPSA) is 46.5 Å². The molecule has 3 nitrogen and oxygen atoms in total. The molecule has 1 aromatic heterocycles. The Bertz CT molecular complexity index is 1160. The smallest absolute Gasteiger partial charge is 0.206 e. The van der Waals surface area contributed by atoms with Crippen molar-refractivity contribution >= 4 is 33.3 Å². The molecule has 1 heterocycles. The largest absolute Gasteiger partial charge is 0.508 e. The molecule has 138 valence electrons. The summed E-state index contributed by atoms with van der Waals surface area (Å²) in [6.45, 7) is 1.97. The van der Waals surface area contributed by atoms with Gasteiger partial charge < -0.3 is 9.84 Å². The number of hydrogen-bond acceptors (Lipinski definition) is 4. The van der Waals surface area contributed by atoms with Crippen LogP contribution in [-0.4, -0.2) is 10.9 Å². The van der Waals surface area contributed by atoms with E-state index in [1.807, 2.05) is 61.5 Å². The predicted molar refractivity (Wildman–Crippen MR) is 115 cm³/mol. The molecular weight excluding hydrogens is 368 g/mol. The fourth-order valence-electron chi connectivity index (χ4n) is 2.99. The number of hydrogen-bond donors (Lipinski definition) is 1. The van der Waals surface area contributed by atoms with Gasteiger partial charge in [-0.3, -0.25) is 4.79 Å². The molecule has 0 radical (unpaired) electrons. The lowest BCUT2D eigenvalue weighted by Gasteiger charge is -2.08. The quantitative estimate of drug-likeness (QED) is 0.390. The van der Waals surface area contributed by atoms with Crippen molar-refractivity contribution in [2.75, 3.05) is 0 Å². The zero-order valence-electron chi connectivity index (χ0n) is 15.3. The first kappa shape index (κ1) is 18.0. The standard InChI is InChI=1S/C24H18O3S/c1-2-6-16-9-12-19(13-10-16)27-23-20-14-11-18(25)15-21(20)28-24(23)22(26)17-7-4-3-5-8-17/h2-15,25H,1H3/b6-2+. The van der Waals surface area contributed by atoms with E-state index >= 15 is 0 Å². The van der Waals surface area contributed by atoms with E-state index in [-0.39, 0.29) is 11.5 Å². The minimum atomic E-state index is -0.0955. The molecule has 28 heavy (non-hydrogen) atoms. The molecular formula is C24H18O3S. The monoisotopic (exact) mass is 386 g/mol. The molecule has 4 heteroatoms. The second-order valence-corrected chi connectivity index (χ2v) is 7.36. The van der Waals surface area contributed by atoms with E-state index in [0.29, 0.717) is 21.9 Å². The Kier molecular flexibility index (Phi) is 4.96. The summed E-state index contributed by atoms with van der Waals surface area (Å²) < 4.78 is 6.97.